The first kappa shape index (κ1) is 35.7. The molecule has 0 saturated carbocycles. The lowest BCUT2D eigenvalue weighted by atomic mass is 9.73. The molecule has 40 heavy (non-hydrogen) atoms. The summed E-state index contributed by atoms with van der Waals surface area (Å²) in [4.78, 5) is 25.8. The van der Waals surface area contributed by atoms with Crippen LogP contribution in [0.1, 0.15) is 77.8 Å². The molecule has 1 unspecified atom stereocenters. The van der Waals surface area contributed by atoms with Crippen molar-refractivity contribution in [3.05, 3.63) is 40.7 Å². The number of nitrogens with one attached hydrogen (secondary N) is 2. The Kier molecular flexibility index (Phi) is 15.0. The van der Waals surface area contributed by atoms with Crippen LogP contribution in [0.25, 0.3) is 6.08 Å². The first-order valence-corrected chi connectivity index (χ1v) is 15.6. The summed E-state index contributed by atoms with van der Waals surface area (Å²) in [5.41, 5.74) is 3.63. The molecule has 0 saturated heterocycles. The fourth-order valence-corrected chi connectivity index (χ4v) is 6.38. The van der Waals surface area contributed by atoms with Crippen LogP contribution in [-0.2, 0) is 34.3 Å². The number of ether oxygens (including phenoxy) is 2. The molecule has 0 radical (unpaired) electrons. The molecule has 0 aliphatic heterocycles. The van der Waals surface area contributed by atoms with Gasteiger partial charge in [-0.05, 0) is 44.6 Å². The normalized spacial score (nSPS) is 14.1. The lowest BCUT2D eigenvalue weighted by Crippen LogP contribution is -2.52. The third kappa shape index (κ3) is 10.9. The average Bonchev–Trinajstić information content (AvgIpc) is 2.86. The Labute approximate surface area is 238 Å². The maximum Gasteiger partial charge on any atom is 0.333 e. The van der Waals surface area contributed by atoms with Gasteiger partial charge < -0.3 is 14.6 Å². The van der Waals surface area contributed by atoms with Gasteiger partial charge in [-0.25, -0.2) is 23.0 Å². The van der Waals surface area contributed by atoms with Crippen LogP contribution < -0.4 is 10.9 Å². The number of amides is 1. The Balaban J connectivity index is 3.53. The number of benzene rings is 1. The summed E-state index contributed by atoms with van der Waals surface area (Å²) in [7, 11) is -1.92. The second-order valence-electron chi connectivity index (χ2n) is 10.8. The van der Waals surface area contributed by atoms with Crippen LogP contribution in [0.4, 0.5) is 4.39 Å². The van der Waals surface area contributed by atoms with Gasteiger partial charge in [-0.1, -0.05) is 51.8 Å². The van der Waals surface area contributed by atoms with Crippen LogP contribution in [0.2, 0.25) is 0 Å². The maximum absolute atomic E-state index is 16.2. The third-order valence-corrected chi connectivity index (χ3v) is 8.67. The Morgan fingerprint density at radius 2 is 1.85 bits per heavy atom. The van der Waals surface area contributed by atoms with E-state index in [0.29, 0.717) is 19.4 Å². The summed E-state index contributed by atoms with van der Waals surface area (Å²) >= 11 is 0. The zero-order chi connectivity index (χ0) is 30.4. The molecule has 1 aromatic carbocycles. The number of carbonyl (C=O) groups excluding carboxylic acids is 2. The molecule has 3 N–H and O–H groups in total. The number of unbranched alkanes of at least 4 members (excludes halogenated alkanes) is 1. The number of rotatable bonds is 19. The van der Waals surface area contributed by atoms with Crippen LogP contribution in [-0.4, -0.2) is 70.4 Å². The minimum absolute atomic E-state index is 0.0926. The minimum atomic E-state index is -3.46. The third-order valence-electron chi connectivity index (χ3n) is 6.65. The highest BCUT2D eigenvalue weighted by Gasteiger charge is 2.43. The van der Waals surface area contributed by atoms with Crippen molar-refractivity contribution in [2.24, 2.45) is 5.41 Å². The lowest BCUT2D eigenvalue weighted by Gasteiger charge is -2.34. The molecule has 0 bridgehead atoms. The van der Waals surface area contributed by atoms with Crippen molar-refractivity contribution >= 4 is 27.8 Å². The van der Waals surface area contributed by atoms with Gasteiger partial charge in [0.2, 0.25) is 5.91 Å². The second kappa shape index (κ2) is 16.8. The van der Waals surface area contributed by atoms with Gasteiger partial charge in [0.1, 0.15) is 11.2 Å². The number of aliphatic hydroxyl groups is 1. The van der Waals surface area contributed by atoms with Crippen LogP contribution in [0.15, 0.2) is 23.8 Å². The molecule has 0 fully saturated rings. The number of hydrazine groups is 1. The van der Waals surface area contributed by atoms with Gasteiger partial charge in [0.25, 0.3) is 0 Å². The van der Waals surface area contributed by atoms with Crippen LogP contribution >= 0.6 is 0 Å². The van der Waals surface area contributed by atoms with E-state index in [2.05, 4.69) is 10.9 Å². The van der Waals surface area contributed by atoms with E-state index in [0.717, 1.165) is 12.8 Å². The van der Waals surface area contributed by atoms with E-state index >= 15 is 4.39 Å². The van der Waals surface area contributed by atoms with Crippen molar-refractivity contribution in [1.29, 1.82) is 0 Å². The van der Waals surface area contributed by atoms with Gasteiger partial charge in [-0.15, -0.1) is 0 Å². The van der Waals surface area contributed by atoms with Gasteiger partial charge in [0.05, 0.1) is 31.3 Å². The summed E-state index contributed by atoms with van der Waals surface area (Å²) in [6.07, 6.45) is 4.06. The van der Waals surface area contributed by atoms with Gasteiger partial charge in [0, 0.05) is 30.4 Å². The van der Waals surface area contributed by atoms with Crippen molar-refractivity contribution in [2.75, 3.05) is 45.0 Å². The van der Waals surface area contributed by atoms with E-state index < -0.39 is 45.0 Å². The molecule has 0 aliphatic rings. The molecule has 1 atom stereocenters. The predicted molar refractivity (Wildman–Crippen MR) is 155 cm³/mol. The number of hydrogen-bond donors (Lipinski definition) is 3. The molecule has 1 aromatic rings. The zero-order valence-electron chi connectivity index (χ0n) is 24.8. The molecular formula is C29H47FN2O7S. The predicted octanol–water partition coefficient (Wildman–Crippen LogP) is 3.70. The maximum atomic E-state index is 16.2. The van der Waals surface area contributed by atoms with E-state index in [1.807, 2.05) is 20.8 Å². The SMILES string of the molecule is CCCCOCC(CCCC(C)(C)CS(=O)(=O)CCO)(C(=O)NNC)c1cccc(/C=C(\C)C(=O)OCC)c1F. The van der Waals surface area contributed by atoms with E-state index in [9.17, 15) is 18.0 Å². The van der Waals surface area contributed by atoms with Crippen molar-refractivity contribution in [3.63, 3.8) is 0 Å². The zero-order valence-corrected chi connectivity index (χ0v) is 25.6. The first-order valence-electron chi connectivity index (χ1n) is 13.8. The molecular weight excluding hydrogens is 539 g/mol. The number of sulfone groups is 1. The van der Waals surface area contributed by atoms with E-state index in [1.54, 1.807) is 19.1 Å². The van der Waals surface area contributed by atoms with Gasteiger partial charge in [0.15, 0.2) is 9.84 Å². The fourth-order valence-electron chi connectivity index (χ4n) is 4.63. The smallest absolute Gasteiger partial charge is 0.333 e. The molecule has 228 valence electrons. The molecule has 0 aliphatic carbocycles. The Morgan fingerprint density at radius 3 is 2.45 bits per heavy atom. The molecule has 0 heterocycles. The molecule has 0 aromatic heterocycles. The summed E-state index contributed by atoms with van der Waals surface area (Å²) in [6.45, 7) is 8.91. The van der Waals surface area contributed by atoms with E-state index in [1.165, 1.54) is 26.1 Å². The number of carbonyl (C=O) groups is 2. The monoisotopic (exact) mass is 586 g/mol. The standard InChI is InChI=1S/C29H47FN2O7S/c1-7-9-17-38-20-29(27(35)32-31-6,15-11-14-28(4,5)21-40(36,37)18-16-33)24-13-10-12-23(25(24)30)19-22(3)26(34)39-8-2/h10,12-13,19,31,33H,7-9,11,14-18,20-21H2,1-6H3,(H,32,35)/b22-19+. The molecule has 1 amide bonds. The Bertz CT molecular complexity index is 1110. The Hall–Kier alpha value is -2.34. The highest BCUT2D eigenvalue weighted by Crippen LogP contribution is 2.37. The number of halogens is 1. The number of esters is 1. The topological polar surface area (TPSA) is 131 Å². The quantitative estimate of drug-likeness (QED) is 0.0968. The van der Waals surface area contributed by atoms with Crippen molar-refractivity contribution in [2.45, 2.75) is 72.1 Å². The summed E-state index contributed by atoms with van der Waals surface area (Å²) in [5.74, 6) is -2.13. The average molecular weight is 587 g/mol. The highest BCUT2D eigenvalue weighted by molar-refractivity contribution is 7.91. The van der Waals surface area contributed by atoms with Crippen molar-refractivity contribution in [3.8, 4) is 0 Å². The van der Waals surface area contributed by atoms with Gasteiger partial charge in [-0.2, -0.15) is 0 Å². The number of aliphatic hydroxyl groups excluding tert-OH is 1. The second-order valence-corrected chi connectivity index (χ2v) is 13.0. The molecule has 1 rings (SSSR count). The van der Waals surface area contributed by atoms with Crippen LogP contribution in [0.5, 0.6) is 0 Å². The van der Waals surface area contributed by atoms with Crippen molar-refractivity contribution in [1.82, 2.24) is 10.9 Å². The fraction of sp³-hybridized carbons (Fsp3) is 0.655. The van der Waals surface area contributed by atoms with Crippen molar-refractivity contribution < 1.29 is 37.0 Å². The Morgan fingerprint density at radius 1 is 1.15 bits per heavy atom. The summed E-state index contributed by atoms with van der Waals surface area (Å²) in [6, 6.07) is 4.69. The first-order chi connectivity index (χ1) is 18.8. The van der Waals surface area contributed by atoms with Gasteiger partial charge >= 0.3 is 5.97 Å². The lowest BCUT2D eigenvalue weighted by molar-refractivity contribution is -0.138. The molecule has 0 spiro atoms. The van der Waals surface area contributed by atoms with E-state index in [4.69, 9.17) is 14.6 Å². The summed E-state index contributed by atoms with van der Waals surface area (Å²) < 4.78 is 51.8. The largest absolute Gasteiger partial charge is 0.463 e. The molecule has 9 nitrogen and oxygen atoms in total. The van der Waals surface area contributed by atoms with Gasteiger partial charge in [-0.3, -0.25) is 10.2 Å². The number of hydrogen-bond acceptors (Lipinski definition) is 8. The van der Waals surface area contributed by atoms with Crippen LogP contribution in [0, 0.1) is 11.2 Å². The molecule has 11 heteroatoms. The van der Waals surface area contributed by atoms with E-state index in [-0.39, 0.29) is 47.8 Å². The highest BCUT2D eigenvalue weighted by atomic mass is 32.2. The minimum Gasteiger partial charge on any atom is -0.463 e. The summed E-state index contributed by atoms with van der Waals surface area (Å²) in [5, 5.41) is 9.09. The van der Waals surface area contributed by atoms with Crippen LogP contribution in [0.3, 0.4) is 0 Å².